The van der Waals surface area contributed by atoms with Crippen LogP contribution in [0.15, 0.2) is 36.7 Å². The standard InChI is InChI=1S/2C11H13F3N2/c2*1-8-4-5-16(7-8)10-3-2-9(6-15-10)11(12,13)14/h2*2-3,6,8H,4-5,7H2,1H3/t2*8-/m00/s1. The first-order valence-corrected chi connectivity index (χ1v) is 10.5. The van der Waals surface area contributed by atoms with Gasteiger partial charge in [0.1, 0.15) is 11.6 Å². The summed E-state index contributed by atoms with van der Waals surface area (Å²) in [4.78, 5) is 11.8. The van der Waals surface area contributed by atoms with E-state index in [0.29, 0.717) is 23.5 Å². The van der Waals surface area contributed by atoms with Crippen molar-refractivity contribution in [2.45, 2.75) is 39.0 Å². The summed E-state index contributed by atoms with van der Waals surface area (Å²) in [6.45, 7) is 7.75. The molecule has 2 fully saturated rings. The lowest BCUT2D eigenvalue weighted by molar-refractivity contribution is -0.138. The molecule has 32 heavy (non-hydrogen) atoms. The van der Waals surface area contributed by atoms with Crippen LogP contribution in [0.4, 0.5) is 38.0 Å². The number of hydrogen-bond donors (Lipinski definition) is 0. The molecule has 0 amide bonds. The van der Waals surface area contributed by atoms with Crippen LogP contribution in [0.1, 0.15) is 37.8 Å². The van der Waals surface area contributed by atoms with E-state index in [0.717, 1.165) is 63.5 Å². The van der Waals surface area contributed by atoms with Gasteiger partial charge in [0.2, 0.25) is 0 Å². The molecule has 0 saturated carbocycles. The molecule has 4 nitrogen and oxygen atoms in total. The van der Waals surface area contributed by atoms with Gasteiger partial charge in [-0.15, -0.1) is 0 Å². The topological polar surface area (TPSA) is 32.3 Å². The molecule has 0 aromatic carbocycles. The molecule has 2 saturated heterocycles. The van der Waals surface area contributed by atoms with Crippen molar-refractivity contribution in [1.29, 1.82) is 0 Å². The Labute approximate surface area is 183 Å². The number of alkyl halides is 6. The second-order valence-electron chi connectivity index (χ2n) is 8.49. The second-order valence-corrected chi connectivity index (χ2v) is 8.49. The molecule has 176 valence electrons. The maximum Gasteiger partial charge on any atom is 0.417 e. The summed E-state index contributed by atoms with van der Waals surface area (Å²) in [6.07, 6.45) is -4.66. The Morgan fingerprint density at radius 2 is 1.06 bits per heavy atom. The molecule has 2 atom stereocenters. The lowest BCUT2D eigenvalue weighted by Crippen LogP contribution is -2.20. The normalized spacial score (nSPS) is 21.5. The summed E-state index contributed by atoms with van der Waals surface area (Å²) in [6, 6.07) is 5.07. The predicted molar refractivity (Wildman–Crippen MR) is 110 cm³/mol. The first-order chi connectivity index (χ1) is 14.9. The molecule has 2 aromatic heterocycles. The highest BCUT2D eigenvalue weighted by molar-refractivity contribution is 5.41. The average Bonchev–Trinajstić information content (AvgIpc) is 3.36. The summed E-state index contributed by atoms with van der Waals surface area (Å²) in [5.74, 6) is 2.45. The van der Waals surface area contributed by atoms with Gasteiger partial charge in [0.15, 0.2) is 0 Å². The van der Waals surface area contributed by atoms with Crippen molar-refractivity contribution in [3.05, 3.63) is 47.8 Å². The zero-order chi connectivity index (χ0) is 23.5. The first-order valence-electron chi connectivity index (χ1n) is 10.5. The van der Waals surface area contributed by atoms with Crippen LogP contribution in [-0.2, 0) is 12.4 Å². The maximum atomic E-state index is 12.3. The van der Waals surface area contributed by atoms with E-state index in [4.69, 9.17) is 0 Å². The van der Waals surface area contributed by atoms with E-state index < -0.39 is 23.5 Å². The van der Waals surface area contributed by atoms with Crippen LogP contribution in [0.5, 0.6) is 0 Å². The lowest BCUT2D eigenvalue weighted by Gasteiger charge is -2.17. The van der Waals surface area contributed by atoms with Crippen molar-refractivity contribution in [2.75, 3.05) is 36.0 Å². The van der Waals surface area contributed by atoms with Gasteiger partial charge in [-0.05, 0) is 48.9 Å². The minimum atomic E-state index is -4.30. The van der Waals surface area contributed by atoms with Crippen LogP contribution in [0.3, 0.4) is 0 Å². The van der Waals surface area contributed by atoms with Crippen LogP contribution >= 0.6 is 0 Å². The smallest absolute Gasteiger partial charge is 0.356 e. The van der Waals surface area contributed by atoms with Gasteiger partial charge in [0.05, 0.1) is 11.1 Å². The summed E-state index contributed by atoms with van der Waals surface area (Å²) >= 11 is 0. The van der Waals surface area contributed by atoms with Crippen LogP contribution in [0.25, 0.3) is 0 Å². The molecule has 4 rings (SSSR count). The highest BCUT2D eigenvalue weighted by Crippen LogP contribution is 2.31. The highest BCUT2D eigenvalue weighted by atomic mass is 19.4. The number of pyridine rings is 2. The Bertz CT molecular complexity index is 790. The van der Waals surface area contributed by atoms with E-state index in [1.807, 2.05) is 9.80 Å². The van der Waals surface area contributed by atoms with E-state index in [1.165, 1.54) is 12.1 Å². The van der Waals surface area contributed by atoms with Gasteiger partial charge in [0, 0.05) is 38.6 Å². The van der Waals surface area contributed by atoms with Crippen LogP contribution in [0.2, 0.25) is 0 Å². The van der Waals surface area contributed by atoms with E-state index >= 15 is 0 Å². The predicted octanol–water partition coefficient (Wildman–Crippen LogP) is 5.89. The minimum absolute atomic E-state index is 0.587. The number of anilines is 2. The average molecular weight is 460 g/mol. The van der Waals surface area contributed by atoms with Gasteiger partial charge in [-0.2, -0.15) is 26.3 Å². The molecule has 2 aromatic rings. The first kappa shape index (κ1) is 24.1. The molecule has 0 radical (unpaired) electrons. The van der Waals surface area contributed by atoms with Gasteiger partial charge in [0.25, 0.3) is 0 Å². The molecule has 4 heterocycles. The largest absolute Gasteiger partial charge is 0.417 e. The third-order valence-corrected chi connectivity index (χ3v) is 5.65. The van der Waals surface area contributed by atoms with Gasteiger partial charge < -0.3 is 9.80 Å². The van der Waals surface area contributed by atoms with Crippen molar-refractivity contribution in [3.63, 3.8) is 0 Å². The van der Waals surface area contributed by atoms with Crippen molar-refractivity contribution in [1.82, 2.24) is 9.97 Å². The van der Waals surface area contributed by atoms with Crippen LogP contribution < -0.4 is 9.80 Å². The fraction of sp³-hybridized carbons (Fsp3) is 0.545. The second kappa shape index (κ2) is 9.54. The van der Waals surface area contributed by atoms with E-state index in [1.54, 1.807) is 0 Å². The van der Waals surface area contributed by atoms with Gasteiger partial charge in [-0.25, -0.2) is 9.97 Å². The van der Waals surface area contributed by atoms with Gasteiger partial charge >= 0.3 is 12.4 Å². The van der Waals surface area contributed by atoms with Crippen LogP contribution in [-0.4, -0.2) is 36.1 Å². The van der Waals surface area contributed by atoms with Gasteiger partial charge in [-0.3, -0.25) is 0 Å². The zero-order valence-electron chi connectivity index (χ0n) is 17.9. The summed E-state index contributed by atoms with van der Waals surface area (Å²) in [7, 11) is 0. The fourth-order valence-electron chi connectivity index (χ4n) is 3.77. The third-order valence-electron chi connectivity index (χ3n) is 5.65. The highest BCUT2D eigenvalue weighted by Gasteiger charge is 2.32. The van der Waals surface area contributed by atoms with Crippen molar-refractivity contribution >= 4 is 11.6 Å². The molecule has 0 spiro atoms. The monoisotopic (exact) mass is 460 g/mol. The number of hydrogen-bond acceptors (Lipinski definition) is 4. The number of aromatic nitrogens is 2. The van der Waals surface area contributed by atoms with E-state index in [2.05, 4.69) is 23.8 Å². The molecular weight excluding hydrogens is 434 g/mol. The lowest BCUT2D eigenvalue weighted by atomic mass is 10.2. The number of nitrogens with zero attached hydrogens (tertiary/aromatic N) is 4. The quantitative estimate of drug-likeness (QED) is 0.523. The minimum Gasteiger partial charge on any atom is -0.356 e. The molecule has 2 aliphatic rings. The molecule has 0 bridgehead atoms. The van der Waals surface area contributed by atoms with Crippen molar-refractivity contribution in [2.24, 2.45) is 11.8 Å². The fourth-order valence-corrected chi connectivity index (χ4v) is 3.77. The molecular formula is C22H26F6N4. The number of halogens is 6. The van der Waals surface area contributed by atoms with E-state index in [9.17, 15) is 26.3 Å². The van der Waals surface area contributed by atoms with Crippen molar-refractivity contribution in [3.8, 4) is 0 Å². The third kappa shape index (κ3) is 6.26. The maximum absolute atomic E-state index is 12.3. The SMILES string of the molecule is C[C@H]1CCN(c2ccc(C(F)(F)F)cn2)C1.C[C@H]1CCN(c2ccc(C(F)(F)F)cn2)C1. The van der Waals surface area contributed by atoms with E-state index in [-0.39, 0.29) is 0 Å². The van der Waals surface area contributed by atoms with Crippen molar-refractivity contribution < 1.29 is 26.3 Å². The molecule has 10 heteroatoms. The molecule has 2 aliphatic heterocycles. The Hall–Kier alpha value is -2.52. The molecule has 0 unspecified atom stereocenters. The molecule has 0 N–H and O–H groups in total. The molecule has 0 aliphatic carbocycles. The van der Waals surface area contributed by atoms with Crippen LogP contribution in [0, 0.1) is 11.8 Å². The summed E-state index contributed by atoms with van der Waals surface area (Å²) in [5, 5.41) is 0. The summed E-state index contributed by atoms with van der Waals surface area (Å²) in [5.41, 5.74) is -1.38. The Kier molecular flexibility index (Phi) is 7.19. The van der Waals surface area contributed by atoms with Gasteiger partial charge in [-0.1, -0.05) is 13.8 Å². The Morgan fingerprint density at radius 3 is 1.28 bits per heavy atom. The zero-order valence-corrected chi connectivity index (χ0v) is 17.9. The Morgan fingerprint density at radius 1 is 0.688 bits per heavy atom. The number of rotatable bonds is 2. The summed E-state index contributed by atoms with van der Waals surface area (Å²) < 4.78 is 73.8. The Balaban J connectivity index is 0.000000181.